The number of aliphatic hydroxyl groups is 1. The van der Waals surface area contributed by atoms with Gasteiger partial charge in [-0.05, 0) is 38.5 Å². The largest absolute Gasteiger partial charge is 0.506 e. The monoisotopic (exact) mass is 461 g/mol. The molecule has 0 aliphatic rings. The predicted molar refractivity (Wildman–Crippen MR) is 138 cm³/mol. The van der Waals surface area contributed by atoms with Crippen LogP contribution in [0.5, 0.6) is 0 Å². The Labute approximate surface area is 200 Å². The molecule has 0 bridgehead atoms. The van der Waals surface area contributed by atoms with Gasteiger partial charge in [-0.1, -0.05) is 66.7 Å². The number of benzene rings is 3. The molecule has 0 radical (unpaired) electrons. The van der Waals surface area contributed by atoms with Crippen LogP contribution >= 0.6 is 12.4 Å². The fourth-order valence-electron chi connectivity index (χ4n) is 3.92. The molecule has 0 amide bonds. The summed E-state index contributed by atoms with van der Waals surface area (Å²) >= 11 is 0. The number of allylic oxidation sites excluding steroid dienone is 1. The summed E-state index contributed by atoms with van der Waals surface area (Å²) in [6.45, 7) is 7.59. The topological polar surface area (TPSA) is 58.4 Å². The highest BCUT2D eigenvalue weighted by atomic mass is 35.5. The Morgan fingerprint density at radius 2 is 1.48 bits per heavy atom. The standard InChI is InChI=1S/C27H27N3O2.ClH/c1-4-29(5-2)30-23-17-16-19(3)18-22(23)28-27(30)24(25(31)20-12-8-6-9-13-20)26(32)21-14-10-7-11-15-21;/h6-18,31H,4-5H2,1-3H3;1H/b25-24-;. The summed E-state index contributed by atoms with van der Waals surface area (Å²) in [5, 5.41) is 13.5. The van der Waals surface area contributed by atoms with Gasteiger partial charge < -0.3 is 10.1 Å². The van der Waals surface area contributed by atoms with Crippen LogP contribution in [-0.2, 0) is 0 Å². The number of hydrogen-bond acceptors (Lipinski definition) is 4. The number of Topliss-reactive ketones (excluding diaryl/α,β-unsaturated/α-hetero) is 1. The molecule has 3 aromatic carbocycles. The summed E-state index contributed by atoms with van der Waals surface area (Å²) in [5.41, 5.74) is 4.02. The Morgan fingerprint density at radius 1 is 0.909 bits per heavy atom. The molecule has 0 saturated heterocycles. The fourth-order valence-corrected chi connectivity index (χ4v) is 3.92. The molecular weight excluding hydrogens is 434 g/mol. The lowest BCUT2D eigenvalue weighted by atomic mass is 9.98. The van der Waals surface area contributed by atoms with Crippen molar-refractivity contribution < 1.29 is 9.90 Å². The Hall–Kier alpha value is -3.57. The molecule has 33 heavy (non-hydrogen) atoms. The Balaban J connectivity index is 0.00000306. The van der Waals surface area contributed by atoms with Crippen LogP contribution in [0.15, 0.2) is 78.9 Å². The summed E-state index contributed by atoms with van der Waals surface area (Å²) < 4.78 is 1.96. The third-order valence-electron chi connectivity index (χ3n) is 5.57. The number of aryl methyl sites for hydroxylation is 1. The molecule has 4 rings (SSSR count). The zero-order valence-electron chi connectivity index (χ0n) is 19.0. The van der Waals surface area contributed by atoms with E-state index in [4.69, 9.17) is 4.98 Å². The average molecular weight is 462 g/mol. The van der Waals surface area contributed by atoms with Gasteiger partial charge in [0.05, 0.1) is 11.0 Å². The summed E-state index contributed by atoms with van der Waals surface area (Å²) in [6, 6.07) is 24.2. The summed E-state index contributed by atoms with van der Waals surface area (Å²) in [4.78, 5) is 18.6. The second kappa shape index (κ2) is 10.4. The Bertz CT molecular complexity index is 1280. The molecule has 170 valence electrons. The van der Waals surface area contributed by atoms with Gasteiger partial charge in [0.1, 0.15) is 11.3 Å². The lowest BCUT2D eigenvalue weighted by Crippen LogP contribution is -2.35. The number of halogens is 1. The second-order valence-electron chi connectivity index (χ2n) is 7.66. The third kappa shape index (κ3) is 4.64. The van der Waals surface area contributed by atoms with Crippen molar-refractivity contribution in [1.29, 1.82) is 0 Å². The predicted octanol–water partition coefficient (Wildman–Crippen LogP) is 6.05. The van der Waals surface area contributed by atoms with Gasteiger partial charge in [-0.25, -0.2) is 9.66 Å². The van der Waals surface area contributed by atoms with Gasteiger partial charge in [0.15, 0.2) is 5.82 Å². The molecule has 0 spiro atoms. The van der Waals surface area contributed by atoms with Gasteiger partial charge >= 0.3 is 0 Å². The summed E-state index contributed by atoms with van der Waals surface area (Å²) in [5.74, 6) is 0.0804. The highest BCUT2D eigenvalue weighted by molar-refractivity contribution is 6.33. The van der Waals surface area contributed by atoms with Gasteiger partial charge in [-0.15, -0.1) is 12.4 Å². The van der Waals surface area contributed by atoms with E-state index in [1.807, 2.05) is 66.2 Å². The van der Waals surface area contributed by atoms with Crippen molar-refractivity contribution in [3.63, 3.8) is 0 Å². The number of ketones is 1. The number of aliphatic hydroxyl groups excluding tert-OH is 1. The van der Waals surface area contributed by atoms with Crippen LogP contribution in [0.4, 0.5) is 0 Å². The Kier molecular flexibility index (Phi) is 7.56. The Morgan fingerprint density at radius 3 is 2.06 bits per heavy atom. The maximum absolute atomic E-state index is 13.8. The fraction of sp³-hybridized carbons (Fsp3) is 0.185. The highest BCUT2D eigenvalue weighted by Crippen LogP contribution is 2.31. The first-order valence-electron chi connectivity index (χ1n) is 10.9. The number of nitrogens with zero attached hydrogens (tertiary/aromatic N) is 3. The van der Waals surface area contributed by atoms with E-state index in [1.165, 1.54) is 0 Å². The molecular formula is C27H28ClN3O2. The molecule has 1 aromatic heterocycles. The lowest BCUT2D eigenvalue weighted by Gasteiger charge is -2.26. The van der Waals surface area contributed by atoms with Gasteiger partial charge in [-0.3, -0.25) is 4.79 Å². The van der Waals surface area contributed by atoms with Crippen molar-refractivity contribution in [1.82, 2.24) is 9.66 Å². The molecule has 6 heteroatoms. The zero-order valence-corrected chi connectivity index (χ0v) is 19.8. The molecule has 0 atom stereocenters. The smallest absolute Gasteiger partial charge is 0.200 e. The highest BCUT2D eigenvalue weighted by Gasteiger charge is 2.27. The first-order chi connectivity index (χ1) is 15.5. The van der Waals surface area contributed by atoms with Crippen LogP contribution in [0.1, 0.15) is 41.2 Å². The van der Waals surface area contributed by atoms with Gasteiger partial charge in [0.25, 0.3) is 0 Å². The van der Waals surface area contributed by atoms with Crippen molar-refractivity contribution >= 4 is 40.6 Å². The maximum atomic E-state index is 13.8. The molecule has 0 unspecified atom stereocenters. The molecule has 1 heterocycles. The van der Waals surface area contributed by atoms with E-state index in [2.05, 4.69) is 18.9 Å². The van der Waals surface area contributed by atoms with Crippen LogP contribution < -0.4 is 5.01 Å². The normalized spacial score (nSPS) is 11.6. The van der Waals surface area contributed by atoms with E-state index in [-0.39, 0.29) is 29.5 Å². The third-order valence-corrected chi connectivity index (χ3v) is 5.57. The summed E-state index contributed by atoms with van der Waals surface area (Å²) in [6.07, 6.45) is 0. The minimum absolute atomic E-state index is 0. The van der Waals surface area contributed by atoms with Crippen LogP contribution in [0, 0.1) is 6.92 Å². The molecule has 5 nitrogen and oxygen atoms in total. The first-order valence-corrected chi connectivity index (χ1v) is 10.9. The van der Waals surface area contributed by atoms with Crippen LogP contribution in [0.2, 0.25) is 0 Å². The number of aromatic nitrogens is 2. The second-order valence-corrected chi connectivity index (χ2v) is 7.66. The summed E-state index contributed by atoms with van der Waals surface area (Å²) in [7, 11) is 0. The van der Waals surface area contributed by atoms with E-state index < -0.39 is 0 Å². The minimum Gasteiger partial charge on any atom is -0.506 e. The van der Waals surface area contributed by atoms with E-state index in [0.717, 1.165) is 29.7 Å². The molecule has 4 aromatic rings. The van der Waals surface area contributed by atoms with E-state index in [0.29, 0.717) is 17.0 Å². The number of carbonyl (C=O) groups excluding carboxylic acids is 1. The van der Waals surface area contributed by atoms with Gasteiger partial charge in [0.2, 0.25) is 5.78 Å². The van der Waals surface area contributed by atoms with Crippen molar-refractivity contribution in [2.45, 2.75) is 20.8 Å². The number of fused-ring (bicyclic) bond motifs is 1. The number of imidazole rings is 1. The van der Waals surface area contributed by atoms with E-state index >= 15 is 0 Å². The van der Waals surface area contributed by atoms with E-state index in [1.54, 1.807) is 24.3 Å². The van der Waals surface area contributed by atoms with Crippen LogP contribution in [0.25, 0.3) is 22.4 Å². The van der Waals surface area contributed by atoms with Gasteiger partial charge in [0, 0.05) is 24.2 Å². The molecule has 0 saturated carbocycles. The van der Waals surface area contributed by atoms with Crippen molar-refractivity contribution in [3.05, 3.63) is 101 Å². The van der Waals surface area contributed by atoms with E-state index in [9.17, 15) is 9.90 Å². The quantitative estimate of drug-likeness (QED) is 0.206. The zero-order chi connectivity index (χ0) is 22.7. The average Bonchev–Trinajstić information content (AvgIpc) is 3.19. The van der Waals surface area contributed by atoms with Crippen LogP contribution in [-0.4, -0.2) is 33.6 Å². The molecule has 1 N–H and O–H groups in total. The maximum Gasteiger partial charge on any atom is 0.200 e. The first kappa shape index (κ1) is 24.1. The number of rotatable bonds is 7. The minimum atomic E-state index is -0.271. The number of carbonyl (C=O) groups is 1. The molecule has 0 aliphatic carbocycles. The molecule has 0 aliphatic heterocycles. The number of hydrogen-bond donors (Lipinski definition) is 1. The lowest BCUT2D eigenvalue weighted by molar-refractivity contribution is 0.105. The SMILES string of the molecule is CCN(CC)n1c(/C(C(=O)c2ccccc2)=C(\O)c2ccccc2)nc2cc(C)ccc21.Cl. The van der Waals surface area contributed by atoms with Crippen molar-refractivity contribution in [2.24, 2.45) is 0 Å². The molecule has 0 fully saturated rings. The van der Waals surface area contributed by atoms with Crippen LogP contribution in [0.3, 0.4) is 0 Å². The van der Waals surface area contributed by atoms with Crippen molar-refractivity contribution in [3.8, 4) is 0 Å². The van der Waals surface area contributed by atoms with Gasteiger partial charge in [-0.2, -0.15) is 0 Å². The van der Waals surface area contributed by atoms with Crippen molar-refractivity contribution in [2.75, 3.05) is 18.1 Å².